The van der Waals surface area contributed by atoms with E-state index in [1.165, 1.54) is 25.1 Å². The van der Waals surface area contributed by atoms with E-state index in [2.05, 4.69) is 15.5 Å². The summed E-state index contributed by atoms with van der Waals surface area (Å²) < 4.78 is 5.63. The fourth-order valence-corrected chi connectivity index (χ4v) is 6.21. The second-order valence-corrected chi connectivity index (χ2v) is 9.25. The maximum Gasteiger partial charge on any atom is 0.275 e. The van der Waals surface area contributed by atoms with Crippen molar-refractivity contribution in [2.45, 2.75) is 30.2 Å². The summed E-state index contributed by atoms with van der Waals surface area (Å²) >= 11 is 2.50. The number of nitrogens with two attached hydrogens (primary N) is 1. The number of thiazole rings is 1. The highest BCUT2D eigenvalue weighted by atomic mass is 32.2. The molecular formula is C18H19N4O6S2-. The number of carbonyl (C=O) groups excluding carboxylic acids is 3. The molecule has 1 aliphatic carbocycles. The number of carboxylic acids is 1. The molecule has 1 saturated heterocycles. The summed E-state index contributed by atoms with van der Waals surface area (Å²) in [6.45, 7) is 0.573. The number of carbonyl (C=O) groups is 3. The van der Waals surface area contributed by atoms with Gasteiger partial charge >= 0.3 is 0 Å². The summed E-state index contributed by atoms with van der Waals surface area (Å²) in [6, 6.07) is -0.833. The number of anilines is 1. The summed E-state index contributed by atoms with van der Waals surface area (Å²) in [6.07, 6.45) is 2.69. The molecule has 0 bridgehead atoms. The van der Waals surface area contributed by atoms with Gasteiger partial charge < -0.3 is 30.5 Å². The van der Waals surface area contributed by atoms with Crippen LogP contribution in [0.5, 0.6) is 0 Å². The van der Waals surface area contributed by atoms with Gasteiger partial charge in [-0.2, -0.15) is 11.8 Å². The Balaban J connectivity index is 1.53. The first kappa shape index (κ1) is 20.8. The molecule has 1 saturated carbocycles. The van der Waals surface area contributed by atoms with Gasteiger partial charge in [0.05, 0.1) is 22.9 Å². The Morgan fingerprint density at radius 2 is 2.27 bits per heavy atom. The second kappa shape index (κ2) is 8.36. The number of fused-ring (bicyclic) bond motifs is 1. The Morgan fingerprint density at radius 1 is 1.47 bits per heavy atom. The smallest absolute Gasteiger partial charge is 0.275 e. The molecule has 2 fully saturated rings. The van der Waals surface area contributed by atoms with Gasteiger partial charge in [0.15, 0.2) is 16.6 Å². The minimum absolute atomic E-state index is 0.0159. The molecule has 30 heavy (non-hydrogen) atoms. The van der Waals surface area contributed by atoms with Crippen molar-refractivity contribution in [1.82, 2.24) is 10.3 Å². The van der Waals surface area contributed by atoms with Crippen LogP contribution in [0, 0.1) is 5.92 Å². The van der Waals surface area contributed by atoms with Gasteiger partial charge in [-0.15, -0.1) is 0 Å². The zero-order chi connectivity index (χ0) is 21.4. The number of amides is 1. The number of nitrogens with zero attached hydrogens (tertiary/aromatic N) is 2. The van der Waals surface area contributed by atoms with E-state index in [1.807, 2.05) is 0 Å². The molecule has 1 amide bonds. The molecule has 4 atom stereocenters. The summed E-state index contributed by atoms with van der Waals surface area (Å²) in [4.78, 5) is 46.4. The molecule has 160 valence electrons. The van der Waals surface area contributed by atoms with Gasteiger partial charge in [0, 0.05) is 23.8 Å². The minimum atomic E-state index is -1.35. The van der Waals surface area contributed by atoms with Crippen molar-refractivity contribution in [1.29, 1.82) is 0 Å². The Hall–Kier alpha value is -2.44. The van der Waals surface area contributed by atoms with Crippen LogP contribution in [0.1, 0.15) is 17.7 Å². The number of nitrogens with one attached hydrogen (secondary N) is 1. The van der Waals surface area contributed by atoms with Crippen molar-refractivity contribution in [2.24, 2.45) is 11.1 Å². The third-order valence-electron chi connectivity index (χ3n) is 5.34. The largest absolute Gasteiger partial charge is 0.545 e. The lowest BCUT2D eigenvalue weighted by Crippen LogP contribution is -2.66. The SMILES string of the molecule is CO/N=C(\C(=O)N[C@@H]1C(=O)C2C(C(=O)[O-])=C([C@@H]3CCCO3)CS[C@@H]21)c1cnc(N)s1. The highest BCUT2D eigenvalue weighted by Gasteiger charge is 2.55. The number of nitrogen functional groups attached to an aromatic ring is 1. The number of rotatable bonds is 6. The van der Waals surface area contributed by atoms with Crippen LogP contribution in [0.15, 0.2) is 22.5 Å². The van der Waals surface area contributed by atoms with Gasteiger partial charge in [0.25, 0.3) is 5.91 Å². The highest BCUT2D eigenvalue weighted by molar-refractivity contribution is 8.00. The Morgan fingerprint density at radius 3 is 2.87 bits per heavy atom. The zero-order valence-electron chi connectivity index (χ0n) is 16.0. The predicted molar refractivity (Wildman–Crippen MR) is 108 cm³/mol. The van der Waals surface area contributed by atoms with E-state index in [9.17, 15) is 19.5 Å². The standard InChI is InChI=1S/C18H20N4O6S2/c1-27-22-12(9-5-20-18(19)30-9)16(24)21-13-14(23)11-10(17(25)26)7(6-29-15(11)13)8-3-2-4-28-8/h5,8,11,13,15H,2-4,6H2,1H3,(H2,19,20)(H,21,24)(H,25,26)/p-1/b22-12-/t8-,11?,13+,15-/m0/s1. The van der Waals surface area contributed by atoms with E-state index in [4.69, 9.17) is 15.3 Å². The molecule has 4 rings (SSSR count). The molecule has 1 aromatic heterocycles. The highest BCUT2D eigenvalue weighted by Crippen LogP contribution is 2.47. The van der Waals surface area contributed by atoms with Crippen LogP contribution in [0.4, 0.5) is 5.13 Å². The van der Waals surface area contributed by atoms with Gasteiger partial charge in [-0.1, -0.05) is 16.5 Å². The maximum absolute atomic E-state index is 12.8. The minimum Gasteiger partial charge on any atom is -0.545 e. The topological polar surface area (TPSA) is 156 Å². The molecule has 0 radical (unpaired) electrons. The van der Waals surface area contributed by atoms with Crippen molar-refractivity contribution in [3.63, 3.8) is 0 Å². The number of hydrogen-bond acceptors (Lipinski definition) is 11. The van der Waals surface area contributed by atoms with E-state index in [0.29, 0.717) is 22.8 Å². The molecule has 1 aromatic rings. The first-order valence-corrected chi connectivity index (χ1v) is 11.1. The van der Waals surface area contributed by atoms with Crippen LogP contribution >= 0.6 is 23.1 Å². The number of thioether (sulfide) groups is 1. The normalized spacial score (nSPS) is 28.7. The van der Waals surface area contributed by atoms with Gasteiger partial charge in [-0.25, -0.2) is 4.98 Å². The number of aliphatic carboxylic acids is 1. The average molecular weight is 452 g/mol. The third-order valence-corrected chi connectivity index (χ3v) is 7.58. The summed E-state index contributed by atoms with van der Waals surface area (Å²) in [5.74, 6) is -2.74. The molecule has 3 aliphatic rings. The number of hydrogen-bond donors (Lipinski definition) is 2. The molecule has 2 aliphatic heterocycles. The van der Waals surface area contributed by atoms with Gasteiger partial charge in [0.1, 0.15) is 13.2 Å². The molecule has 1 unspecified atom stereocenters. The van der Waals surface area contributed by atoms with E-state index in [-0.39, 0.29) is 28.3 Å². The fourth-order valence-electron chi connectivity index (χ4n) is 3.98. The average Bonchev–Trinajstić information content (AvgIpc) is 3.40. The van der Waals surface area contributed by atoms with Crippen LogP contribution in [0.2, 0.25) is 0 Å². The third kappa shape index (κ3) is 3.59. The van der Waals surface area contributed by atoms with E-state index >= 15 is 0 Å². The zero-order valence-corrected chi connectivity index (χ0v) is 17.6. The number of aromatic nitrogens is 1. The van der Waals surface area contributed by atoms with Crippen molar-refractivity contribution in [3.05, 3.63) is 22.2 Å². The predicted octanol–water partition coefficient (Wildman–Crippen LogP) is -0.900. The number of ether oxygens (including phenoxy) is 1. The summed E-state index contributed by atoms with van der Waals surface area (Å²) in [5, 5.41) is 18.1. The lowest BCUT2D eigenvalue weighted by atomic mass is 9.71. The molecule has 0 spiro atoms. The van der Waals surface area contributed by atoms with E-state index < -0.39 is 29.1 Å². The Bertz CT molecular complexity index is 952. The number of oxime groups is 1. The van der Waals surface area contributed by atoms with Crippen LogP contribution in [-0.2, 0) is 24.0 Å². The van der Waals surface area contributed by atoms with Crippen molar-refractivity contribution in [3.8, 4) is 0 Å². The van der Waals surface area contributed by atoms with E-state index in [1.54, 1.807) is 0 Å². The summed E-state index contributed by atoms with van der Waals surface area (Å²) in [7, 11) is 1.29. The summed E-state index contributed by atoms with van der Waals surface area (Å²) in [5.41, 5.74) is 6.20. The maximum atomic E-state index is 12.8. The molecule has 0 aromatic carbocycles. The Kier molecular flexibility index (Phi) is 5.80. The first-order valence-electron chi connectivity index (χ1n) is 9.27. The van der Waals surface area contributed by atoms with Crippen LogP contribution in [0.3, 0.4) is 0 Å². The molecular weight excluding hydrogens is 432 g/mol. The molecule has 12 heteroatoms. The molecule has 3 N–H and O–H groups in total. The van der Waals surface area contributed by atoms with Gasteiger partial charge in [-0.3, -0.25) is 9.59 Å². The van der Waals surface area contributed by atoms with Gasteiger partial charge in [-0.05, 0) is 24.0 Å². The van der Waals surface area contributed by atoms with Gasteiger partial charge in [0.2, 0.25) is 0 Å². The van der Waals surface area contributed by atoms with E-state index in [0.717, 1.165) is 24.2 Å². The number of Topliss-reactive ketones (excluding diaryl/α,β-unsaturated/α-hetero) is 1. The van der Waals surface area contributed by atoms with Crippen molar-refractivity contribution in [2.75, 3.05) is 25.2 Å². The fraction of sp³-hybridized carbons (Fsp3) is 0.500. The molecule has 3 heterocycles. The van der Waals surface area contributed by atoms with Crippen molar-refractivity contribution >= 4 is 51.6 Å². The Labute approximate surface area is 179 Å². The number of ketones is 1. The van der Waals surface area contributed by atoms with Crippen LogP contribution in [-0.4, -0.2) is 65.2 Å². The lowest BCUT2D eigenvalue weighted by Gasteiger charge is -2.48. The van der Waals surface area contributed by atoms with Crippen LogP contribution in [0.25, 0.3) is 0 Å². The quantitative estimate of drug-likeness (QED) is 0.413. The van der Waals surface area contributed by atoms with Crippen molar-refractivity contribution < 1.29 is 29.1 Å². The molecule has 10 nitrogen and oxygen atoms in total. The van der Waals surface area contributed by atoms with Crippen LogP contribution < -0.4 is 16.2 Å². The first-order chi connectivity index (χ1) is 14.4. The lowest BCUT2D eigenvalue weighted by molar-refractivity contribution is -0.300. The number of carboxylic acid groups (broad SMARTS) is 1. The second-order valence-electron chi connectivity index (χ2n) is 7.02. The monoisotopic (exact) mass is 451 g/mol.